The first-order valence-electron chi connectivity index (χ1n) is 12.9. The summed E-state index contributed by atoms with van der Waals surface area (Å²) < 4.78 is 23.5. The minimum absolute atomic E-state index is 0.0590. The van der Waals surface area contributed by atoms with Gasteiger partial charge in [0.2, 0.25) is 0 Å². The highest BCUT2D eigenvalue weighted by molar-refractivity contribution is 5.58. The second kappa shape index (κ2) is 12.3. The van der Waals surface area contributed by atoms with Crippen molar-refractivity contribution in [2.75, 3.05) is 20.8 Å². The predicted molar refractivity (Wildman–Crippen MR) is 151 cm³/mol. The number of fused-ring (bicyclic) bond motifs is 1. The molecule has 4 aromatic carbocycles. The molecule has 4 aromatic rings. The molecule has 5 heteroatoms. The van der Waals surface area contributed by atoms with Crippen LogP contribution in [0, 0.1) is 0 Å². The van der Waals surface area contributed by atoms with Gasteiger partial charge in [0, 0.05) is 6.54 Å². The van der Waals surface area contributed by atoms with Crippen LogP contribution in [-0.4, -0.2) is 20.8 Å². The number of nitrogens with one attached hydrogen (secondary N) is 1. The molecular formula is C33H33NO4. The summed E-state index contributed by atoms with van der Waals surface area (Å²) in [5.41, 5.74) is 5.74. The van der Waals surface area contributed by atoms with Gasteiger partial charge in [-0.1, -0.05) is 78.9 Å². The smallest absolute Gasteiger partial charge is 0.162 e. The lowest BCUT2D eigenvalue weighted by Gasteiger charge is -2.26. The topological polar surface area (TPSA) is 49.0 Å². The van der Waals surface area contributed by atoms with Crippen molar-refractivity contribution in [3.05, 3.63) is 125 Å². The van der Waals surface area contributed by atoms with Crippen molar-refractivity contribution in [3.63, 3.8) is 0 Å². The summed E-state index contributed by atoms with van der Waals surface area (Å²) in [6, 6.07) is 30.6. The lowest BCUT2D eigenvalue weighted by molar-refractivity contribution is 0.283. The van der Waals surface area contributed by atoms with Gasteiger partial charge in [-0.3, -0.25) is 0 Å². The van der Waals surface area contributed by atoms with E-state index in [2.05, 4.69) is 41.7 Å². The Morgan fingerprint density at radius 2 is 1.34 bits per heavy atom. The predicted octanol–water partition coefficient (Wildman–Crippen LogP) is 6.76. The van der Waals surface area contributed by atoms with E-state index in [4.69, 9.17) is 18.9 Å². The Balaban J connectivity index is 1.32. The fourth-order valence-corrected chi connectivity index (χ4v) is 4.63. The summed E-state index contributed by atoms with van der Waals surface area (Å²) in [6.07, 6.45) is 5.24. The molecule has 0 fully saturated rings. The van der Waals surface area contributed by atoms with E-state index >= 15 is 0 Å². The number of ether oxygens (including phenoxy) is 4. The highest BCUT2D eigenvalue weighted by atomic mass is 16.5. The quantitative estimate of drug-likeness (QED) is 0.257. The van der Waals surface area contributed by atoms with Crippen LogP contribution >= 0.6 is 0 Å². The lowest BCUT2D eigenvalue weighted by Crippen LogP contribution is -2.28. The zero-order valence-electron chi connectivity index (χ0n) is 21.9. The molecule has 1 aliphatic heterocycles. The number of rotatable bonds is 10. The molecule has 1 heterocycles. The van der Waals surface area contributed by atoms with Gasteiger partial charge in [-0.05, 0) is 58.5 Å². The van der Waals surface area contributed by atoms with E-state index in [1.807, 2.05) is 66.7 Å². The molecule has 1 aliphatic rings. The van der Waals surface area contributed by atoms with Gasteiger partial charge in [0.1, 0.15) is 13.2 Å². The molecule has 0 spiro atoms. The first-order chi connectivity index (χ1) is 18.7. The highest BCUT2D eigenvalue weighted by Crippen LogP contribution is 2.37. The average molecular weight is 508 g/mol. The molecule has 0 radical (unpaired) electrons. The standard InChI is InChI=1S/C33H33NO4/c1-35-31-19-24(14-16-30(31)37-22-25-9-5-3-6-10-25)13-15-29-28-21-33(38-23-26-11-7-4-8-12-26)32(36-2)20-27(28)17-18-34-29/h3-16,19-21,29,34H,17-18,22-23H2,1-2H3/b15-13+. The normalized spacial score (nSPS) is 14.6. The SMILES string of the molecule is COc1cc(/C=C/C2NCCc3cc(OC)c(OCc4ccccc4)cc32)ccc1OCc1ccccc1. The molecule has 0 aliphatic carbocycles. The van der Waals surface area contributed by atoms with Gasteiger partial charge < -0.3 is 24.3 Å². The summed E-state index contributed by atoms with van der Waals surface area (Å²) in [7, 11) is 3.36. The summed E-state index contributed by atoms with van der Waals surface area (Å²) in [5.74, 6) is 2.95. The largest absolute Gasteiger partial charge is 0.493 e. The molecule has 38 heavy (non-hydrogen) atoms. The van der Waals surface area contributed by atoms with Gasteiger partial charge in [0.05, 0.1) is 20.3 Å². The number of methoxy groups -OCH3 is 2. The molecule has 1 N–H and O–H groups in total. The second-order valence-electron chi connectivity index (χ2n) is 9.20. The first kappa shape index (κ1) is 25.4. The number of hydrogen-bond acceptors (Lipinski definition) is 5. The van der Waals surface area contributed by atoms with Crippen LogP contribution in [0.15, 0.2) is 97.1 Å². The van der Waals surface area contributed by atoms with Gasteiger partial charge in [0.15, 0.2) is 23.0 Å². The Morgan fingerprint density at radius 3 is 2.00 bits per heavy atom. The maximum absolute atomic E-state index is 6.18. The van der Waals surface area contributed by atoms with Crippen molar-refractivity contribution in [2.45, 2.75) is 25.7 Å². The van der Waals surface area contributed by atoms with E-state index in [1.54, 1.807) is 14.2 Å². The van der Waals surface area contributed by atoms with Crippen LogP contribution < -0.4 is 24.3 Å². The van der Waals surface area contributed by atoms with E-state index in [1.165, 1.54) is 11.1 Å². The van der Waals surface area contributed by atoms with Gasteiger partial charge in [-0.25, -0.2) is 0 Å². The molecule has 0 aromatic heterocycles. The molecule has 0 bridgehead atoms. The number of hydrogen-bond donors (Lipinski definition) is 1. The fraction of sp³-hybridized carbons (Fsp3) is 0.212. The van der Waals surface area contributed by atoms with Crippen molar-refractivity contribution in [1.29, 1.82) is 0 Å². The third kappa shape index (κ3) is 6.18. The fourth-order valence-electron chi connectivity index (χ4n) is 4.63. The summed E-state index contributed by atoms with van der Waals surface area (Å²) in [6.45, 7) is 1.88. The molecule has 194 valence electrons. The van der Waals surface area contributed by atoms with Crippen molar-refractivity contribution >= 4 is 6.08 Å². The van der Waals surface area contributed by atoms with E-state index in [-0.39, 0.29) is 6.04 Å². The van der Waals surface area contributed by atoms with Crippen molar-refractivity contribution in [3.8, 4) is 23.0 Å². The van der Waals surface area contributed by atoms with Crippen molar-refractivity contribution in [1.82, 2.24) is 5.32 Å². The Kier molecular flexibility index (Phi) is 8.26. The Morgan fingerprint density at radius 1 is 0.711 bits per heavy atom. The molecular weight excluding hydrogens is 474 g/mol. The maximum atomic E-state index is 6.18. The minimum atomic E-state index is 0.0590. The third-order valence-electron chi connectivity index (χ3n) is 6.66. The van der Waals surface area contributed by atoms with Crippen LogP contribution in [-0.2, 0) is 19.6 Å². The second-order valence-corrected chi connectivity index (χ2v) is 9.20. The lowest BCUT2D eigenvalue weighted by atomic mass is 9.93. The van der Waals surface area contributed by atoms with Gasteiger partial charge >= 0.3 is 0 Å². The molecule has 1 atom stereocenters. The molecule has 0 amide bonds. The molecule has 1 unspecified atom stereocenters. The molecule has 5 nitrogen and oxygen atoms in total. The van der Waals surface area contributed by atoms with Crippen LogP contribution in [0.5, 0.6) is 23.0 Å². The van der Waals surface area contributed by atoms with Crippen LogP contribution in [0.4, 0.5) is 0 Å². The minimum Gasteiger partial charge on any atom is -0.493 e. The zero-order chi connectivity index (χ0) is 26.2. The highest BCUT2D eigenvalue weighted by Gasteiger charge is 2.21. The zero-order valence-corrected chi connectivity index (χ0v) is 21.9. The summed E-state index contributed by atoms with van der Waals surface area (Å²) >= 11 is 0. The van der Waals surface area contributed by atoms with Crippen LogP contribution in [0.1, 0.15) is 33.9 Å². The maximum Gasteiger partial charge on any atom is 0.162 e. The Labute approximate surface area is 224 Å². The van der Waals surface area contributed by atoms with Gasteiger partial charge in [-0.15, -0.1) is 0 Å². The van der Waals surface area contributed by atoms with Crippen molar-refractivity contribution in [2.24, 2.45) is 0 Å². The Hall–Kier alpha value is -4.22. The van der Waals surface area contributed by atoms with E-state index < -0.39 is 0 Å². The average Bonchev–Trinajstić information content (AvgIpc) is 2.98. The molecule has 0 saturated heterocycles. The van der Waals surface area contributed by atoms with E-state index in [0.717, 1.165) is 46.9 Å². The number of benzene rings is 4. The van der Waals surface area contributed by atoms with Crippen LogP contribution in [0.3, 0.4) is 0 Å². The van der Waals surface area contributed by atoms with E-state index in [9.17, 15) is 0 Å². The molecule has 5 rings (SSSR count). The van der Waals surface area contributed by atoms with Gasteiger partial charge in [0.25, 0.3) is 0 Å². The summed E-state index contributed by atoms with van der Waals surface area (Å²) in [4.78, 5) is 0. The van der Waals surface area contributed by atoms with E-state index in [0.29, 0.717) is 19.0 Å². The third-order valence-corrected chi connectivity index (χ3v) is 6.66. The summed E-state index contributed by atoms with van der Waals surface area (Å²) in [5, 5.41) is 3.62. The van der Waals surface area contributed by atoms with Crippen molar-refractivity contribution < 1.29 is 18.9 Å². The van der Waals surface area contributed by atoms with Gasteiger partial charge in [-0.2, -0.15) is 0 Å². The van der Waals surface area contributed by atoms with Crippen LogP contribution in [0.2, 0.25) is 0 Å². The monoisotopic (exact) mass is 507 g/mol. The first-order valence-corrected chi connectivity index (χ1v) is 12.9. The molecule has 0 saturated carbocycles. The van der Waals surface area contributed by atoms with Crippen LogP contribution in [0.25, 0.3) is 6.08 Å². The Bertz CT molecular complexity index is 1370.